The van der Waals surface area contributed by atoms with Crippen molar-refractivity contribution in [1.82, 2.24) is 0 Å². The summed E-state index contributed by atoms with van der Waals surface area (Å²) in [7, 11) is -2.31. The van der Waals surface area contributed by atoms with Crippen molar-refractivity contribution in [1.29, 1.82) is 0 Å². The second kappa shape index (κ2) is 3.27. The van der Waals surface area contributed by atoms with Crippen LogP contribution in [-0.2, 0) is 14.3 Å². The van der Waals surface area contributed by atoms with E-state index >= 15 is 0 Å². The molecule has 0 saturated carbocycles. The third-order valence-electron chi connectivity index (χ3n) is 2.60. The predicted molar refractivity (Wildman–Crippen MR) is 51.8 cm³/mol. The number of rotatable bonds is 2. The molecule has 4 heteroatoms. The standard InChI is InChI=1S/C9H14O3S/c1-8-6-4-5-7-9(8,2)13(10,11)12-3/h4-8H,1-3H3. The van der Waals surface area contributed by atoms with Crippen LogP contribution < -0.4 is 0 Å². The number of allylic oxidation sites excluding steroid dienone is 3. The zero-order chi connectivity index (χ0) is 10.1. The molecule has 0 aromatic carbocycles. The second-order valence-electron chi connectivity index (χ2n) is 3.34. The molecule has 0 fully saturated rings. The molecule has 1 aliphatic carbocycles. The fraction of sp³-hybridized carbons (Fsp3) is 0.556. The molecule has 0 radical (unpaired) electrons. The fourth-order valence-electron chi connectivity index (χ4n) is 1.31. The summed E-state index contributed by atoms with van der Waals surface area (Å²) in [4.78, 5) is 0. The molecular formula is C9H14O3S. The first-order valence-corrected chi connectivity index (χ1v) is 5.51. The lowest BCUT2D eigenvalue weighted by molar-refractivity contribution is 0.364. The molecule has 0 saturated heterocycles. The molecule has 13 heavy (non-hydrogen) atoms. The minimum absolute atomic E-state index is 0.0672. The first kappa shape index (κ1) is 10.5. The maximum absolute atomic E-state index is 11.6. The molecule has 0 aromatic heterocycles. The van der Waals surface area contributed by atoms with E-state index in [1.807, 2.05) is 19.1 Å². The van der Waals surface area contributed by atoms with Crippen LogP contribution in [-0.4, -0.2) is 20.3 Å². The Morgan fingerprint density at radius 2 is 2.00 bits per heavy atom. The van der Waals surface area contributed by atoms with Crippen LogP contribution in [0.4, 0.5) is 0 Å². The van der Waals surface area contributed by atoms with Crippen LogP contribution in [0.2, 0.25) is 0 Å². The van der Waals surface area contributed by atoms with Crippen molar-refractivity contribution in [2.45, 2.75) is 18.6 Å². The molecule has 0 spiro atoms. The Balaban J connectivity index is 3.15. The molecule has 0 aliphatic heterocycles. The van der Waals surface area contributed by atoms with E-state index < -0.39 is 14.9 Å². The molecule has 74 valence electrons. The fourth-order valence-corrected chi connectivity index (χ4v) is 2.45. The zero-order valence-corrected chi connectivity index (χ0v) is 8.84. The van der Waals surface area contributed by atoms with Crippen LogP contribution in [0.5, 0.6) is 0 Å². The van der Waals surface area contributed by atoms with Gasteiger partial charge in [0.15, 0.2) is 0 Å². The Labute approximate surface area is 79.2 Å². The highest BCUT2D eigenvalue weighted by Crippen LogP contribution is 2.32. The SMILES string of the molecule is COS(=O)(=O)C1(C)C=CC=CC1C. The second-order valence-corrected chi connectivity index (χ2v) is 5.46. The van der Waals surface area contributed by atoms with Gasteiger partial charge in [0, 0.05) is 0 Å². The van der Waals surface area contributed by atoms with E-state index in [1.165, 1.54) is 7.11 Å². The quantitative estimate of drug-likeness (QED) is 0.637. The summed E-state index contributed by atoms with van der Waals surface area (Å²) in [6.45, 7) is 3.52. The van der Waals surface area contributed by atoms with Crippen LogP contribution in [0.1, 0.15) is 13.8 Å². The van der Waals surface area contributed by atoms with Gasteiger partial charge in [0.25, 0.3) is 10.1 Å². The largest absolute Gasteiger partial charge is 0.276 e. The van der Waals surface area contributed by atoms with E-state index in [2.05, 4.69) is 4.18 Å². The van der Waals surface area contributed by atoms with Crippen LogP contribution in [0.15, 0.2) is 24.3 Å². The molecule has 0 bridgehead atoms. The van der Waals surface area contributed by atoms with Crippen LogP contribution in [0, 0.1) is 5.92 Å². The van der Waals surface area contributed by atoms with Crippen molar-refractivity contribution >= 4 is 10.1 Å². The van der Waals surface area contributed by atoms with Crippen molar-refractivity contribution in [3.63, 3.8) is 0 Å². The molecule has 0 aromatic rings. The summed E-state index contributed by atoms with van der Waals surface area (Å²) in [6, 6.07) is 0. The van der Waals surface area contributed by atoms with E-state index in [0.29, 0.717) is 0 Å². The lowest BCUT2D eigenvalue weighted by atomic mass is 9.91. The summed E-state index contributed by atoms with van der Waals surface area (Å²) < 4.78 is 26.8. The third kappa shape index (κ3) is 1.56. The van der Waals surface area contributed by atoms with Crippen LogP contribution in [0.3, 0.4) is 0 Å². The minimum atomic E-state index is -3.51. The topological polar surface area (TPSA) is 43.4 Å². The summed E-state index contributed by atoms with van der Waals surface area (Å²) in [5.41, 5.74) is 0. The van der Waals surface area contributed by atoms with Crippen molar-refractivity contribution in [3.8, 4) is 0 Å². The average molecular weight is 202 g/mol. The molecule has 0 heterocycles. The van der Waals surface area contributed by atoms with E-state index in [9.17, 15) is 8.42 Å². The molecule has 0 N–H and O–H groups in total. The Morgan fingerprint density at radius 3 is 2.46 bits per heavy atom. The average Bonchev–Trinajstić information content (AvgIpc) is 2.10. The van der Waals surface area contributed by atoms with Gasteiger partial charge in [-0.25, -0.2) is 0 Å². The Kier molecular flexibility index (Phi) is 2.63. The van der Waals surface area contributed by atoms with Crippen molar-refractivity contribution in [3.05, 3.63) is 24.3 Å². The van der Waals surface area contributed by atoms with Gasteiger partial charge in [0.2, 0.25) is 0 Å². The minimum Gasteiger partial charge on any atom is -0.273 e. The molecular weight excluding hydrogens is 188 g/mol. The highest BCUT2D eigenvalue weighted by Gasteiger charge is 2.42. The maximum Gasteiger partial charge on any atom is 0.276 e. The van der Waals surface area contributed by atoms with Crippen LogP contribution >= 0.6 is 0 Å². The smallest absolute Gasteiger partial charge is 0.273 e. The molecule has 2 atom stereocenters. The normalized spacial score (nSPS) is 33.6. The summed E-state index contributed by atoms with van der Waals surface area (Å²) in [5.74, 6) is -0.0672. The van der Waals surface area contributed by atoms with E-state index in [4.69, 9.17) is 0 Å². The van der Waals surface area contributed by atoms with E-state index in [0.717, 1.165) is 0 Å². The van der Waals surface area contributed by atoms with Gasteiger partial charge < -0.3 is 0 Å². The van der Waals surface area contributed by atoms with Gasteiger partial charge in [-0.1, -0.05) is 31.2 Å². The lowest BCUT2D eigenvalue weighted by Gasteiger charge is -2.30. The molecule has 0 amide bonds. The van der Waals surface area contributed by atoms with Gasteiger partial charge in [-0.3, -0.25) is 4.18 Å². The first-order chi connectivity index (χ1) is 5.94. The van der Waals surface area contributed by atoms with Gasteiger partial charge in [-0.2, -0.15) is 8.42 Å². The van der Waals surface area contributed by atoms with Gasteiger partial charge in [0.1, 0.15) is 4.75 Å². The van der Waals surface area contributed by atoms with Gasteiger partial charge in [-0.05, 0) is 12.8 Å². The van der Waals surface area contributed by atoms with Gasteiger partial charge >= 0.3 is 0 Å². The Morgan fingerprint density at radius 1 is 1.38 bits per heavy atom. The highest BCUT2D eigenvalue weighted by molar-refractivity contribution is 7.88. The first-order valence-electron chi connectivity index (χ1n) is 4.10. The Bertz CT molecular complexity index is 340. The van der Waals surface area contributed by atoms with E-state index in [1.54, 1.807) is 19.1 Å². The summed E-state index contributed by atoms with van der Waals surface area (Å²) >= 11 is 0. The van der Waals surface area contributed by atoms with Crippen LogP contribution in [0.25, 0.3) is 0 Å². The lowest BCUT2D eigenvalue weighted by Crippen LogP contribution is -2.40. The number of hydrogen-bond donors (Lipinski definition) is 0. The third-order valence-corrected chi connectivity index (χ3v) is 4.62. The Hall–Kier alpha value is -0.610. The zero-order valence-electron chi connectivity index (χ0n) is 8.02. The van der Waals surface area contributed by atoms with Crippen molar-refractivity contribution < 1.29 is 12.6 Å². The van der Waals surface area contributed by atoms with Crippen molar-refractivity contribution in [2.24, 2.45) is 5.92 Å². The number of hydrogen-bond acceptors (Lipinski definition) is 3. The molecule has 2 unspecified atom stereocenters. The van der Waals surface area contributed by atoms with Gasteiger partial charge in [0.05, 0.1) is 7.11 Å². The molecule has 3 nitrogen and oxygen atoms in total. The predicted octanol–water partition coefficient (Wildman–Crippen LogP) is 1.48. The monoisotopic (exact) mass is 202 g/mol. The van der Waals surface area contributed by atoms with E-state index in [-0.39, 0.29) is 5.92 Å². The highest BCUT2D eigenvalue weighted by atomic mass is 32.2. The molecule has 1 rings (SSSR count). The summed E-state index contributed by atoms with van der Waals surface area (Å²) in [5, 5.41) is 0. The molecule has 1 aliphatic rings. The van der Waals surface area contributed by atoms with Crippen molar-refractivity contribution in [2.75, 3.05) is 7.11 Å². The maximum atomic E-state index is 11.6. The summed E-state index contributed by atoms with van der Waals surface area (Å²) in [6.07, 6.45) is 7.10. The van der Waals surface area contributed by atoms with Gasteiger partial charge in [-0.15, -0.1) is 0 Å².